The average Bonchev–Trinajstić information content (AvgIpc) is 2.01. The normalized spacial score (nSPS) is 10.7. The van der Waals surface area contributed by atoms with Crippen molar-refractivity contribution >= 4 is 5.78 Å². The van der Waals surface area contributed by atoms with Crippen molar-refractivity contribution in [2.75, 3.05) is 33.7 Å². The summed E-state index contributed by atoms with van der Waals surface area (Å²) in [6.45, 7) is 4.64. The standard InChI is InChI=1S/C9H20N2O/c1-9(12)5-8-11(3)7-4-6-10-2/h10H,4-8H2,1-3H3. The molecule has 72 valence electrons. The lowest BCUT2D eigenvalue weighted by Crippen LogP contribution is -2.24. The van der Waals surface area contributed by atoms with E-state index in [1.54, 1.807) is 6.92 Å². The van der Waals surface area contributed by atoms with Crippen LogP contribution < -0.4 is 5.32 Å². The van der Waals surface area contributed by atoms with Crippen LogP contribution in [0.15, 0.2) is 0 Å². The molecular formula is C9H20N2O. The molecule has 0 saturated heterocycles. The minimum Gasteiger partial charge on any atom is -0.320 e. The molecule has 0 aromatic carbocycles. The van der Waals surface area contributed by atoms with Gasteiger partial charge in [0, 0.05) is 13.0 Å². The molecule has 12 heavy (non-hydrogen) atoms. The van der Waals surface area contributed by atoms with Crippen molar-refractivity contribution in [2.24, 2.45) is 0 Å². The lowest BCUT2D eigenvalue weighted by Gasteiger charge is -2.14. The van der Waals surface area contributed by atoms with E-state index < -0.39 is 0 Å². The van der Waals surface area contributed by atoms with Crippen LogP contribution in [0, 0.1) is 0 Å². The van der Waals surface area contributed by atoms with Gasteiger partial charge in [0.15, 0.2) is 0 Å². The summed E-state index contributed by atoms with van der Waals surface area (Å²) in [5, 5.41) is 3.09. The van der Waals surface area contributed by atoms with Gasteiger partial charge in [0.25, 0.3) is 0 Å². The van der Waals surface area contributed by atoms with E-state index in [4.69, 9.17) is 0 Å². The van der Waals surface area contributed by atoms with Crippen LogP contribution in [0.4, 0.5) is 0 Å². The Morgan fingerprint density at radius 2 is 2.08 bits per heavy atom. The number of Topliss-reactive ketones (excluding diaryl/α,β-unsaturated/α-hetero) is 1. The molecule has 0 unspecified atom stereocenters. The third kappa shape index (κ3) is 7.69. The van der Waals surface area contributed by atoms with E-state index in [0.29, 0.717) is 6.42 Å². The Morgan fingerprint density at radius 1 is 1.42 bits per heavy atom. The molecular weight excluding hydrogens is 152 g/mol. The Labute approximate surface area is 75.1 Å². The van der Waals surface area contributed by atoms with E-state index in [2.05, 4.69) is 17.3 Å². The van der Waals surface area contributed by atoms with Crippen LogP contribution in [0.2, 0.25) is 0 Å². The topological polar surface area (TPSA) is 32.3 Å². The summed E-state index contributed by atoms with van der Waals surface area (Å²) in [5.74, 6) is 0.274. The van der Waals surface area contributed by atoms with Crippen molar-refractivity contribution < 1.29 is 4.79 Å². The second kappa shape index (κ2) is 7.25. The summed E-state index contributed by atoms with van der Waals surface area (Å²) >= 11 is 0. The van der Waals surface area contributed by atoms with Crippen LogP contribution in [-0.2, 0) is 4.79 Å². The Bertz CT molecular complexity index is 126. The van der Waals surface area contributed by atoms with Gasteiger partial charge in [0.2, 0.25) is 0 Å². The zero-order valence-electron chi connectivity index (χ0n) is 8.39. The molecule has 0 bridgehead atoms. The summed E-state index contributed by atoms with van der Waals surface area (Å²) in [6.07, 6.45) is 1.82. The molecule has 0 saturated carbocycles. The Balaban J connectivity index is 3.21. The minimum absolute atomic E-state index is 0.274. The molecule has 0 fully saturated rings. The first-order chi connectivity index (χ1) is 5.66. The van der Waals surface area contributed by atoms with Gasteiger partial charge in [-0.2, -0.15) is 0 Å². The molecule has 0 amide bonds. The lowest BCUT2D eigenvalue weighted by molar-refractivity contribution is -0.117. The monoisotopic (exact) mass is 172 g/mol. The van der Waals surface area contributed by atoms with Gasteiger partial charge in [-0.1, -0.05) is 0 Å². The highest BCUT2D eigenvalue weighted by Crippen LogP contribution is 1.90. The second-order valence-corrected chi connectivity index (χ2v) is 3.21. The fraction of sp³-hybridized carbons (Fsp3) is 0.889. The smallest absolute Gasteiger partial charge is 0.131 e. The first kappa shape index (κ1) is 11.6. The van der Waals surface area contributed by atoms with Crippen LogP contribution in [0.5, 0.6) is 0 Å². The van der Waals surface area contributed by atoms with E-state index in [1.807, 2.05) is 7.05 Å². The van der Waals surface area contributed by atoms with Crippen molar-refractivity contribution in [1.29, 1.82) is 0 Å². The lowest BCUT2D eigenvalue weighted by atomic mass is 10.3. The fourth-order valence-electron chi connectivity index (χ4n) is 0.986. The van der Waals surface area contributed by atoms with Crippen molar-refractivity contribution in [1.82, 2.24) is 10.2 Å². The average molecular weight is 172 g/mol. The van der Waals surface area contributed by atoms with E-state index in [0.717, 1.165) is 26.1 Å². The quantitative estimate of drug-likeness (QED) is 0.568. The largest absolute Gasteiger partial charge is 0.320 e. The zero-order valence-corrected chi connectivity index (χ0v) is 8.39. The van der Waals surface area contributed by atoms with Crippen molar-refractivity contribution in [3.63, 3.8) is 0 Å². The SMILES string of the molecule is CNCCCN(C)CCC(C)=O. The number of hydrogen-bond acceptors (Lipinski definition) is 3. The van der Waals surface area contributed by atoms with Crippen molar-refractivity contribution in [2.45, 2.75) is 19.8 Å². The number of nitrogens with one attached hydrogen (secondary N) is 1. The maximum absolute atomic E-state index is 10.6. The predicted molar refractivity (Wildman–Crippen MR) is 51.3 cm³/mol. The first-order valence-corrected chi connectivity index (χ1v) is 4.49. The number of rotatable bonds is 7. The third-order valence-electron chi connectivity index (χ3n) is 1.81. The van der Waals surface area contributed by atoms with Crippen LogP contribution in [0.3, 0.4) is 0 Å². The summed E-state index contributed by atoms with van der Waals surface area (Å²) in [7, 11) is 4.01. The Kier molecular flexibility index (Phi) is 7.00. The number of carbonyl (C=O) groups excluding carboxylic acids is 1. The summed E-state index contributed by atoms with van der Waals surface area (Å²) in [5.41, 5.74) is 0. The van der Waals surface area contributed by atoms with Gasteiger partial charge in [-0.25, -0.2) is 0 Å². The molecule has 0 aromatic heterocycles. The molecule has 0 heterocycles. The molecule has 0 aliphatic heterocycles. The molecule has 3 nitrogen and oxygen atoms in total. The van der Waals surface area contributed by atoms with Crippen molar-refractivity contribution in [3.05, 3.63) is 0 Å². The summed E-state index contributed by atoms with van der Waals surface area (Å²) < 4.78 is 0. The van der Waals surface area contributed by atoms with E-state index >= 15 is 0 Å². The maximum Gasteiger partial charge on any atom is 0.131 e. The Morgan fingerprint density at radius 3 is 2.58 bits per heavy atom. The van der Waals surface area contributed by atoms with Gasteiger partial charge >= 0.3 is 0 Å². The number of carbonyl (C=O) groups is 1. The zero-order chi connectivity index (χ0) is 9.40. The van der Waals surface area contributed by atoms with Crippen LogP contribution in [0.25, 0.3) is 0 Å². The molecule has 3 heteroatoms. The molecule has 0 rings (SSSR count). The van der Waals surface area contributed by atoms with Crippen LogP contribution in [-0.4, -0.2) is 44.4 Å². The molecule has 0 aliphatic carbocycles. The van der Waals surface area contributed by atoms with Crippen LogP contribution in [0.1, 0.15) is 19.8 Å². The van der Waals surface area contributed by atoms with Gasteiger partial charge < -0.3 is 10.2 Å². The minimum atomic E-state index is 0.274. The summed E-state index contributed by atoms with van der Waals surface area (Å²) in [6, 6.07) is 0. The molecule has 0 radical (unpaired) electrons. The Hall–Kier alpha value is -0.410. The van der Waals surface area contributed by atoms with Gasteiger partial charge in [-0.15, -0.1) is 0 Å². The third-order valence-corrected chi connectivity index (χ3v) is 1.81. The van der Waals surface area contributed by atoms with E-state index in [9.17, 15) is 4.79 Å². The van der Waals surface area contributed by atoms with E-state index in [1.165, 1.54) is 0 Å². The highest BCUT2D eigenvalue weighted by atomic mass is 16.1. The molecule has 0 spiro atoms. The molecule has 0 atom stereocenters. The molecule has 1 N–H and O–H groups in total. The number of nitrogens with zero attached hydrogens (tertiary/aromatic N) is 1. The van der Waals surface area contributed by atoms with Gasteiger partial charge in [-0.3, -0.25) is 4.79 Å². The van der Waals surface area contributed by atoms with E-state index in [-0.39, 0.29) is 5.78 Å². The second-order valence-electron chi connectivity index (χ2n) is 3.21. The van der Waals surface area contributed by atoms with Gasteiger partial charge in [0.1, 0.15) is 5.78 Å². The van der Waals surface area contributed by atoms with Crippen LogP contribution >= 0.6 is 0 Å². The molecule has 0 aromatic rings. The highest BCUT2D eigenvalue weighted by Gasteiger charge is 1.99. The van der Waals surface area contributed by atoms with Crippen molar-refractivity contribution in [3.8, 4) is 0 Å². The predicted octanol–water partition coefficient (Wildman–Crippen LogP) is 0.507. The summed E-state index contributed by atoms with van der Waals surface area (Å²) in [4.78, 5) is 12.8. The highest BCUT2D eigenvalue weighted by molar-refractivity contribution is 5.75. The maximum atomic E-state index is 10.6. The molecule has 0 aliphatic rings. The van der Waals surface area contributed by atoms with Gasteiger partial charge in [0.05, 0.1) is 0 Å². The fourth-order valence-corrected chi connectivity index (χ4v) is 0.986. The van der Waals surface area contributed by atoms with Gasteiger partial charge in [-0.05, 0) is 40.5 Å². The number of ketones is 1. The number of hydrogen-bond donors (Lipinski definition) is 1. The first-order valence-electron chi connectivity index (χ1n) is 4.49.